The highest BCUT2D eigenvalue weighted by molar-refractivity contribution is 5.80. The molecule has 0 aliphatic heterocycles. The summed E-state index contributed by atoms with van der Waals surface area (Å²) in [5, 5.41) is 10.7. The molecule has 0 unspecified atom stereocenters. The summed E-state index contributed by atoms with van der Waals surface area (Å²) in [6.45, 7) is 0.129. The molecular formula is C15H19NO4. The molecule has 108 valence electrons. The molecule has 0 heterocycles. The fraction of sp³-hybridized carbons (Fsp3) is 0.467. The fourth-order valence-electron chi connectivity index (χ4n) is 2.32. The Bertz CT molecular complexity index is 499. The van der Waals surface area contributed by atoms with Crippen molar-refractivity contribution in [1.82, 2.24) is 5.32 Å². The number of rotatable bonds is 7. The number of fused-ring (bicyclic) bond motifs is 1. The average Bonchev–Trinajstić information content (AvgIpc) is 2.88. The third-order valence-corrected chi connectivity index (χ3v) is 3.32. The third-order valence-electron chi connectivity index (χ3n) is 3.32. The smallest absolute Gasteiger partial charge is 0.322 e. The summed E-state index contributed by atoms with van der Waals surface area (Å²) in [7, 11) is 0. The van der Waals surface area contributed by atoms with Crippen molar-refractivity contribution in [2.24, 2.45) is 0 Å². The van der Waals surface area contributed by atoms with Crippen LogP contribution >= 0.6 is 0 Å². The van der Waals surface area contributed by atoms with Gasteiger partial charge in [0, 0.05) is 6.42 Å². The molecule has 0 fully saturated rings. The van der Waals surface area contributed by atoms with Crippen molar-refractivity contribution in [3.8, 4) is 5.75 Å². The number of carboxylic acid groups (broad SMARTS) is 1. The lowest BCUT2D eigenvalue weighted by Crippen LogP contribution is -2.29. The highest BCUT2D eigenvalue weighted by atomic mass is 16.5. The Labute approximate surface area is 117 Å². The van der Waals surface area contributed by atoms with Crippen LogP contribution in [0.5, 0.6) is 5.75 Å². The first-order valence-corrected chi connectivity index (χ1v) is 6.88. The number of nitrogens with one attached hydrogen (secondary N) is 1. The van der Waals surface area contributed by atoms with Crippen LogP contribution in [0.15, 0.2) is 18.2 Å². The number of carbonyl (C=O) groups excluding carboxylic acids is 1. The van der Waals surface area contributed by atoms with Crippen molar-refractivity contribution in [2.45, 2.75) is 32.1 Å². The summed E-state index contributed by atoms with van der Waals surface area (Å²) in [6, 6.07) is 6.15. The molecule has 0 saturated carbocycles. The lowest BCUT2D eigenvalue weighted by molar-refractivity contribution is -0.137. The van der Waals surface area contributed by atoms with Gasteiger partial charge in [0.1, 0.15) is 12.3 Å². The van der Waals surface area contributed by atoms with Gasteiger partial charge in [0.25, 0.3) is 0 Å². The number of hydrogen-bond donors (Lipinski definition) is 2. The number of hydrogen-bond acceptors (Lipinski definition) is 3. The first kappa shape index (κ1) is 14.4. The molecule has 1 aliphatic carbocycles. The second-order valence-electron chi connectivity index (χ2n) is 4.91. The van der Waals surface area contributed by atoms with E-state index in [0.717, 1.165) is 18.6 Å². The summed E-state index contributed by atoms with van der Waals surface area (Å²) in [5.41, 5.74) is 2.77. The van der Waals surface area contributed by atoms with Gasteiger partial charge in [-0.1, -0.05) is 6.07 Å². The van der Waals surface area contributed by atoms with Crippen molar-refractivity contribution < 1.29 is 19.4 Å². The van der Waals surface area contributed by atoms with Crippen molar-refractivity contribution >= 4 is 11.9 Å². The van der Waals surface area contributed by atoms with Crippen molar-refractivity contribution in [3.05, 3.63) is 29.3 Å². The minimum absolute atomic E-state index is 0.259. The summed E-state index contributed by atoms with van der Waals surface area (Å²) in [4.78, 5) is 21.6. The number of amides is 1. The molecule has 5 heteroatoms. The van der Waals surface area contributed by atoms with Gasteiger partial charge in [-0.15, -0.1) is 0 Å². The van der Waals surface area contributed by atoms with E-state index in [1.807, 2.05) is 6.07 Å². The van der Waals surface area contributed by atoms with E-state index in [1.165, 1.54) is 17.5 Å². The normalized spacial score (nSPS) is 12.8. The largest absolute Gasteiger partial charge is 0.494 e. The Balaban J connectivity index is 1.66. The first-order valence-electron chi connectivity index (χ1n) is 6.88. The Morgan fingerprint density at radius 3 is 2.85 bits per heavy atom. The molecular weight excluding hydrogens is 258 g/mol. The molecule has 5 nitrogen and oxygen atoms in total. The monoisotopic (exact) mass is 277 g/mol. The predicted octanol–water partition coefficient (Wildman–Crippen LogP) is 1.54. The van der Waals surface area contributed by atoms with Gasteiger partial charge in [0.15, 0.2) is 0 Å². The van der Waals surface area contributed by atoms with Crippen molar-refractivity contribution in [2.75, 3.05) is 13.2 Å². The van der Waals surface area contributed by atoms with Crippen LogP contribution in [0, 0.1) is 0 Å². The highest BCUT2D eigenvalue weighted by Crippen LogP contribution is 2.26. The van der Waals surface area contributed by atoms with E-state index in [-0.39, 0.29) is 18.9 Å². The Morgan fingerprint density at radius 2 is 2.05 bits per heavy atom. The Hall–Kier alpha value is -2.04. The van der Waals surface area contributed by atoms with E-state index in [1.54, 1.807) is 0 Å². The zero-order valence-corrected chi connectivity index (χ0v) is 11.4. The van der Waals surface area contributed by atoms with Gasteiger partial charge in [-0.05, 0) is 48.9 Å². The third kappa shape index (κ3) is 4.26. The second kappa shape index (κ2) is 6.93. The van der Waals surface area contributed by atoms with E-state index in [4.69, 9.17) is 9.84 Å². The van der Waals surface area contributed by atoms with Crippen LogP contribution in [0.2, 0.25) is 0 Å². The van der Waals surface area contributed by atoms with E-state index >= 15 is 0 Å². The molecule has 0 aromatic heterocycles. The standard InChI is InChI=1S/C15H19NO4/c17-14(16-10-15(18)19)5-2-8-20-13-7-6-11-3-1-4-12(11)9-13/h6-7,9H,1-5,8,10H2,(H,16,17)(H,18,19). The van der Waals surface area contributed by atoms with Gasteiger partial charge in [-0.3, -0.25) is 9.59 Å². The number of aliphatic carboxylic acids is 1. The molecule has 0 bridgehead atoms. The van der Waals surface area contributed by atoms with Gasteiger partial charge in [-0.2, -0.15) is 0 Å². The van der Waals surface area contributed by atoms with Crippen LogP contribution in [-0.2, 0) is 22.4 Å². The van der Waals surface area contributed by atoms with Crippen LogP contribution in [0.3, 0.4) is 0 Å². The predicted molar refractivity (Wildman–Crippen MR) is 73.8 cm³/mol. The summed E-state index contributed by atoms with van der Waals surface area (Å²) in [5.74, 6) is -0.450. The molecule has 2 N–H and O–H groups in total. The lowest BCUT2D eigenvalue weighted by atomic mass is 10.1. The SMILES string of the molecule is O=C(O)CNC(=O)CCCOc1ccc2c(c1)CCC2. The van der Waals surface area contributed by atoms with E-state index in [9.17, 15) is 9.59 Å². The molecule has 1 aliphatic rings. The average molecular weight is 277 g/mol. The molecule has 0 radical (unpaired) electrons. The first-order chi connectivity index (χ1) is 9.65. The minimum Gasteiger partial charge on any atom is -0.494 e. The number of benzene rings is 1. The zero-order valence-electron chi connectivity index (χ0n) is 11.4. The van der Waals surface area contributed by atoms with Gasteiger partial charge >= 0.3 is 5.97 Å². The van der Waals surface area contributed by atoms with Crippen molar-refractivity contribution in [3.63, 3.8) is 0 Å². The summed E-state index contributed by atoms with van der Waals surface area (Å²) < 4.78 is 5.61. The zero-order chi connectivity index (χ0) is 14.4. The summed E-state index contributed by atoms with van der Waals surface area (Å²) in [6.07, 6.45) is 4.33. The topological polar surface area (TPSA) is 75.6 Å². The van der Waals surface area contributed by atoms with Crippen LogP contribution in [0.4, 0.5) is 0 Å². The van der Waals surface area contributed by atoms with Crippen LogP contribution in [0.1, 0.15) is 30.4 Å². The summed E-state index contributed by atoms with van der Waals surface area (Å²) >= 11 is 0. The number of carboxylic acids is 1. The molecule has 20 heavy (non-hydrogen) atoms. The van der Waals surface area contributed by atoms with Crippen LogP contribution in [0.25, 0.3) is 0 Å². The number of carbonyl (C=O) groups is 2. The number of aryl methyl sites for hydroxylation is 2. The Kier molecular flexibility index (Phi) is 4.98. The fourth-order valence-corrected chi connectivity index (χ4v) is 2.32. The second-order valence-corrected chi connectivity index (χ2v) is 4.91. The maximum atomic E-state index is 11.3. The molecule has 1 aromatic rings. The minimum atomic E-state index is -1.03. The molecule has 1 aromatic carbocycles. The number of ether oxygens (including phenoxy) is 1. The highest BCUT2D eigenvalue weighted by Gasteiger charge is 2.11. The van der Waals surface area contributed by atoms with E-state index in [2.05, 4.69) is 17.4 Å². The molecule has 1 amide bonds. The van der Waals surface area contributed by atoms with E-state index in [0.29, 0.717) is 13.0 Å². The van der Waals surface area contributed by atoms with Gasteiger partial charge in [0.2, 0.25) is 5.91 Å². The van der Waals surface area contributed by atoms with Crippen LogP contribution < -0.4 is 10.1 Å². The van der Waals surface area contributed by atoms with Crippen molar-refractivity contribution in [1.29, 1.82) is 0 Å². The molecule has 0 saturated heterocycles. The maximum absolute atomic E-state index is 11.3. The molecule has 0 atom stereocenters. The Morgan fingerprint density at radius 1 is 1.25 bits per heavy atom. The maximum Gasteiger partial charge on any atom is 0.322 e. The van der Waals surface area contributed by atoms with E-state index < -0.39 is 5.97 Å². The molecule has 0 spiro atoms. The van der Waals surface area contributed by atoms with Gasteiger partial charge < -0.3 is 15.2 Å². The lowest BCUT2D eigenvalue weighted by Gasteiger charge is -2.08. The van der Waals surface area contributed by atoms with Gasteiger partial charge in [0.05, 0.1) is 6.61 Å². The quantitative estimate of drug-likeness (QED) is 0.741. The molecule has 2 rings (SSSR count). The van der Waals surface area contributed by atoms with Crippen LogP contribution in [-0.4, -0.2) is 30.1 Å². The van der Waals surface area contributed by atoms with Gasteiger partial charge in [-0.25, -0.2) is 0 Å².